The number of amides is 1. The van der Waals surface area contributed by atoms with Crippen molar-refractivity contribution < 1.29 is 9.53 Å². The molecule has 3 rings (SSSR count). The van der Waals surface area contributed by atoms with Gasteiger partial charge in [0.15, 0.2) is 0 Å². The molecule has 1 aliphatic heterocycles. The van der Waals surface area contributed by atoms with Gasteiger partial charge in [-0.1, -0.05) is 74.0 Å². The standard InChI is InChI=1S/C23H30N2O2/c1-2-14-23(24)15-9-16-25(23)22(26)21(17-19-10-5-3-6-11-19)27-18-20-12-7-4-8-13-20/h3-8,10-13,21H,2,9,14-18,24H2,1H3/t21-,23?/m1/s1. The van der Waals surface area contributed by atoms with Crippen molar-refractivity contribution >= 4 is 5.91 Å². The minimum Gasteiger partial charge on any atom is -0.363 e. The van der Waals surface area contributed by atoms with Gasteiger partial charge < -0.3 is 15.4 Å². The van der Waals surface area contributed by atoms with Crippen LogP contribution >= 0.6 is 0 Å². The Morgan fingerprint density at radius 3 is 2.37 bits per heavy atom. The zero-order valence-electron chi connectivity index (χ0n) is 16.1. The third kappa shape index (κ3) is 4.96. The fourth-order valence-corrected chi connectivity index (χ4v) is 3.91. The molecule has 0 spiro atoms. The molecule has 144 valence electrons. The van der Waals surface area contributed by atoms with E-state index in [1.807, 2.05) is 65.6 Å². The maximum absolute atomic E-state index is 13.4. The van der Waals surface area contributed by atoms with Gasteiger partial charge in [0.2, 0.25) is 0 Å². The number of likely N-dealkylation sites (tertiary alicyclic amines) is 1. The van der Waals surface area contributed by atoms with Crippen LogP contribution in [-0.4, -0.2) is 29.1 Å². The van der Waals surface area contributed by atoms with Gasteiger partial charge in [0.25, 0.3) is 5.91 Å². The summed E-state index contributed by atoms with van der Waals surface area (Å²) in [4.78, 5) is 15.3. The molecule has 27 heavy (non-hydrogen) atoms. The number of rotatable bonds is 8. The van der Waals surface area contributed by atoms with Crippen LogP contribution in [0.25, 0.3) is 0 Å². The summed E-state index contributed by atoms with van der Waals surface area (Å²) in [6.07, 6.45) is 3.66. The Bertz CT molecular complexity index is 720. The zero-order valence-corrected chi connectivity index (χ0v) is 16.1. The van der Waals surface area contributed by atoms with Crippen molar-refractivity contribution in [3.8, 4) is 0 Å². The Balaban J connectivity index is 1.76. The Kier molecular flexibility index (Phi) is 6.64. The lowest BCUT2D eigenvalue weighted by atomic mass is 10.0. The second-order valence-corrected chi connectivity index (χ2v) is 7.42. The predicted octanol–water partition coefficient (Wildman–Crippen LogP) is 3.89. The summed E-state index contributed by atoms with van der Waals surface area (Å²) >= 11 is 0. The van der Waals surface area contributed by atoms with Crippen LogP contribution in [-0.2, 0) is 22.6 Å². The Hall–Kier alpha value is -2.17. The lowest BCUT2D eigenvalue weighted by Crippen LogP contribution is -2.57. The highest BCUT2D eigenvalue weighted by molar-refractivity contribution is 5.82. The Labute approximate surface area is 162 Å². The van der Waals surface area contributed by atoms with Gasteiger partial charge in [-0.2, -0.15) is 0 Å². The van der Waals surface area contributed by atoms with Gasteiger partial charge in [-0.3, -0.25) is 4.79 Å². The average molecular weight is 367 g/mol. The molecule has 1 heterocycles. The molecule has 1 fully saturated rings. The van der Waals surface area contributed by atoms with E-state index >= 15 is 0 Å². The minimum absolute atomic E-state index is 0.0169. The van der Waals surface area contributed by atoms with E-state index < -0.39 is 11.8 Å². The van der Waals surface area contributed by atoms with Gasteiger partial charge in [-0.25, -0.2) is 0 Å². The fourth-order valence-electron chi connectivity index (χ4n) is 3.91. The summed E-state index contributed by atoms with van der Waals surface area (Å²) in [7, 11) is 0. The summed E-state index contributed by atoms with van der Waals surface area (Å²) in [6, 6.07) is 20.0. The van der Waals surface area contributed by atoms with E-state index in [4.69, 9.17) is 10.5 Å². The number of hydrogen-bond donors (Lipinski definition) is 1. The molecule has 0 bridgehead atoms. The molecule has 0 aliphatic carbocycles. The summed E-state index contributed by atoms with van der Waals surface area (Å²) in [5, 5.41) is 0. The van der Waals surface area contributed by atoms with E-state index in [2.05, 4.69) is 6.92 Å². The van der Waals surface area contributed by atoms with Crippen LogP contribution in [0.15, 0.2) is 60.7 Å². The van der Waals surface area contributed by atoms with E-state index in [9.17, 15) is 4.79 Å². The SMILES string of the molecule is CCCC1(N)CCCN1C(=O)[C@@H](Cc1ccccc1)OCc1ccccc1. The smallest absolute Gasteiger partial charge is 0.253 e. The van der Waals surface area contributed by atoms with Crippen molar-refractivity contribution in [2.24, 2.45) is 5.73 Å². The van der Waals surface area contributed by atoms with Gasteiger partial charge in [-0.15, -0.1) is 0 Å². The van der Waals surface area contributed by atoms with E-state index in [0.717, 1.165) is 43.4 Å². The molecule has 2 aromatic carbocycles. The van der Waals surface area contributed by atoms with E-state index in [-0.39, 0.29) is 5.91 Å². The first-order valence-corrected chi connectivity index (χ1v) is 9.92. The van der Waals surface area contributed by atoms with Gasteiger partial charge in [0.1, 0.15) is 6.10 Å². The molecule has 4 nitrogen and oxygen atoms in total. The first-order chi connectivity index (χ1) is 13.1. The van der Waals surface area contributed by atoms with Crippen LogP contribution in [0, 0.1) is 0 Å². The molecule has 1 saturated heterocycles. The summed E-state index contributed by atoms with van der Waals surface area (Å²) in [5.41, 5.74) is 8.24. The largest absolute Gasteiger partial charge is 0.363 e. The predicted molar refractivity (Wildman–Crippen MR) is 108 cm³/mol. The van der Waals surface area contributed by atoms with Crippen molar-refractivity contribution in [2.45, 2.75) is 57.4 Å². The van der Waals surface area contributed by atoms with Crippen LogP contribution in [0.2, 0.25) is 0 Å². The Morgan fingerprint density at radius 2 is 1.74 bits per heavy atom. The number of carbonyl (C=O) groups excluding carboxylic acids is 1. The molecule has 0 saturated carbocycles. The summed E-state index contributed by atoms with van der Waals surface area (Å²) < 4.78 is 6.13. The Morgan fingerprint density at radius 1 is 1.11 bits per heavy atom. The van der Waals surface area contributed by atoms with Gasteiger partial charge in [-0.05, 0) is 30.4 Å². The highest BCUT2D eigenvalue weighted by atomic mass is 16.5. The van der Waals surface area contributed by atoms with E-state index in [1.165, 1.54) is 0 Å². The second kappa shape index (κ2) is 9.16. The topological polar surface area (TPSA) is 55.6 Å². The van der Waals surface area contributed by atoms with E-state index in [1.54, 1.807) is 0 Å². The van der Waals surface area contributed by atoms with E-state index in [0.29, 0.717) is 13.0 Å². The van der Waals surface area contributed by atoms with Gasteiger partial charge in [0, 0.05) is 13.0 Å². The van der Waals surface area contributed by atoms with Crippen LogP contribution < -0.4 is 5.73 Å². The third-order valence-corrected chi connectivity index (χ3v) is 5.31. The summed E-state index contributed by atoms with van der Waals surface area (Å²) in [5.74, 6) is 0.0169. The maximum atomic E-state index is 13.4. The van der Waals surface area contributed by atoms with Crippen molar-refractivity contribution in [2.75, 3.05) is 6.54 Å². The molecule has 2 N–H and O–H groups in total. The first kappa shape index (κ1) is 19.6. The number of nitrogens with two attached hydrogens (primary N) is 1. The first-order valence-electron chi connectivity index (χ1n) is 9.92. The highest BCUT2D eigenvalue weighted by Crippen LogP contribution is 2.30. The molecule has 0 radical (unpaired) electrons. The molecular weight excluding hydrogens is 336 g/mol. The van der Waals surface area contributed by atoms with Crippen LogP contribution in [0.4, 0.5) is 0 Å². The molecule has 4 heteroatoms. The fraction of sp³-hybridized carbons (Fsp3) is 0.435. The molecule has 0 aromatic heterocycles. The number of nitrogens with zero attached hydrogens (tertiary/aromatic N) is 1. The monoisotopic (exact) mass is 366 g/mol. The molecule has 2 atom stereocenters. The number of carbonyl (C=O) groups is 1. The van der Waals surface area contributed by atoms with Crippen LogP contribution in [0.3, 0.4) is 0 Å². The lowest BCUT2D eigenvalue weighted by Gasteiger charge is -2.37. The number of ether oxygens (including phenoxy) is 1. The highest BCUT2D eigenvalue weighted by Gasteiger charge is 2.42. The molecule has 1 amide bonds. The van der Waals surface area contributed by atoms with Crippen molar-refractivity contribution in [3.05, 3.63) is 71.8 Å². The molecule has 1 unspecified atom stereocenters. The van der Waals surface area contributed by atoms with Crippen LogP contribution in [0.1, 0.15) is 43.7 Å². The second-order valence-electron chi connectivity index (χ2n) is 7.42. The van der Waals surface area contributed by atoms with Crippen molar-refractivity contribution in [3.63, 3.8) is 0 Å². The number of benzene rings is 2. The molecular formula is C23H30N2O2. The molecule has 2 aromatic rings. The average Bonchev–Trinajstić information content (AvgIpc) is 3.07. The quantitative estimate of drug-likeness (QED) is 0.771. The summed E-state index contributed by atoms with van der Waals surface area (Å²) in [6.45, 7) is 3.25. The van der Waals surface area contributed by atoms with Gasteiger partial charge in [0.05, 0.1) is 12.3 Å². The third-order valence-electron chi connectivity index (χ3n) is 5.31. The maximum Gasteiger partial charge on any atom is 0.253 e. The minimum atomic E-state index is -0.531. The van der Waals surface area contributed by atoms with Crippen LogP contribution in [0.5, 0.6) is 0 Å². The van der Waals surface area contributed by atoms with Crippen molar-refractivity contribution in [1.29, 1.82) is 0 Å². The van der Waals surface area contributed by atoms with Crippen molar-refractivity contribution in [1.82, 2.24) is 4.90 Å². The molecule has 1 aliphatic rings. The normalized spacial score (nSPS) is 20.6. The lowest BCUT2D eigenvalue weighted by molar-refractivity contribution is -0.149. The zero-order chi connectivity index (χ0) is 19.1. The number of hydrogen-bond acceptors (Lipinski definition) is 3. The van der Waals surface area contributed by atoms with Gasteiger partial charge >= 0.3 is 0 Å².